The molecule has 0 spiro atoms. The van der Waals surface area contributed by atoms with E-state index in [-0.39, 0.29) is 11.8 Å². The Morgan fingerprint density at radius 1 is 1.20 bits per heavy atom. The summed E-state index contributed by atoms with van der Waals surface area (Å²) < 4.78 is 39.8. The Bertz CT molecular complexity index is 286. The average Bonchev–Trinajstić information content (AvgIpc) is 2.16. The fourth-order valence-corrected chi connectivity index (χ4v) is 1.55. The lowest BCUT2D eigenvalue weighted by molar-refractivity contribution is -0.339. The van der Waals surface area contributed by atoms with Crippen LogP contribution in [0, 0.1) is 0 Å². The topological polar surface area (TPSA) is 9.23 Å². The Kier molecular flexibility index (Phi) is 4.60. The molecule has 0 aliphatic rings. The Balaban J connectivity index is 2.55. The van der Waals surface area contributed by atoms with Gasteiger partial charge in [0.1, 0.15) is 0 Å². The van der Waals surface area contributed by atoms with Gasteiger partial charge in [-0.15, -0.1) is 13.2 Å². The lowest BCUT2D eigenvalue weighted by Crippen LogP contribution is -2.26. The Morgan fingerprint density at radius 2 is 1.80 bits per heavy atom. The number of hydrogen-bond acceptors (Lipinski definition) is 1. The van der Waals surface area contributed by atoms with E-state index in [4.69, 9.17) is 0 Å². The van der Waals surface area contributed by atoms with Crippen molar-refractivity contribution >= 4 is 15.9 Å². The molecule has 1 unspecified atom stereocenters. The quantitative estimate of drug-likeness (QED) is 0.768. The third-order valence-electron chi connectivity index (χ3n) is 1.78. The highest BCUT2D eigenvalue weighted by molar-refractivity contribution is 9.09. The van der Waals surface area contributed by atoms with E-state index in [9.17, 15) is 13.2 Å². The molecule has 0 radical (unpaired) electrons. The van der Waals surface area contributed by atoms with Crippen LogP contribution in [0.15, 0.2) is 30.3 Å². The standard InChI is InChI=1S/C10H10BrF3O/c11-7-9(15-10(12,13)14)6-8-4-2-1-3-5-8/h1-5,9H,6-7H2. The molecule has 0 N–H and O–H groups in total. The van der Waals surface area contributed by atoms with Gasteiger partial charge < -0.3 is 0 Å². The first kappa shape index (κ1) is 12.5. The number of halogens is 4. The minimum Gasteiger partial charge on any atom is -0.287 e. The van der Waals surface area contributed by atoms with E-state index in [1.54, 1.807) is 24.3 Å². The van der Waals surface area contributed by atoms with Gasteiger partial charge in [-0.25, -0.2) is 0 Å². The zero-order valence-electron chi connectivity index (χ0n) is 7.80. The predicted octanol–water partition coefficient (Wildman–Crippen LogP) is 3.53. The van der Waals surface area contributed by atoms with Crippen LogP contribution in [0.4, 0.5) is 13.2 Å². The smallest absolute Gasteiger partial charge is 0.287 e. The van der Waals surface area contributed by atoms with E-state index in [1.807, 2.05) is 6.07 Å². The van der Waals surface area contributed by atoms with Gasteiger partial charge in [-0.2, -0.15) is 0 Å². The summed E-state index contributed by atoms with van der Waals surface area (Å²) in [6.45, 7) is 0. The molecule has 1 aromatic rings. The van der Waals surface area contributed by atoms with Gasteiger partial charge >= 0.3 is 6.36 Å². The number of benzene rings is 1. The molecule has 15 heavy (non-hydrogen) atoms. The van der Waals surface area contributed by atoms with Gasteiger partial charge in [-0.1, -0.05) is 46.3 Å². The molecule has 0 fully saturated rings. The molecule has 1 atom stereocenters. The third-order valence-corrected chi connectivity index (χ3v) is 2.50. The SMILES string of the molecule is FC(F)(F)OC(CBr)Cc1ccccc1. The van der Waals surface area contributed by atoms with Crippen LogP contribution in [0.25, 0.3) is 0 Å². The molecule has 0 aromatic heterocycles. The third kappa shape index (κ3) is 5.18. The Hall–Kier alpha value is -0.550. The summed E-state index contributed by atoms with van der Waals surface area (Å²) in [5.74, 6) is 0. The molecule has 0 bridgehead atoms. The molecule has 0 saturated carbocycles. The molecule has 5 heteroatoms. The molecule has 1 aromatic carbocycles. The molecule has 1 nitrogen and oxygen atoms in total. The van der Waals surface area contributed by atoms with Crippen LogP contribution in [-0.2, 0) is 11.2 Å². The summed E-state index contributed by atoms with van der Waals surface area (Å²) in [4.78, 5) is 0. The predicted molar refractivity (Wildman–Crippen MR) is 54.9 cm³/mol. The number of alkyl halides is 4. The highest BCUT2D eigenvalue weighted by atomic mass is 79.9. The second kappa shape index (κ2) is 5.51. The summed E-state index contributed by atoms with van der Waals surface area (Å²) in [5.41, 5.74) is 0.825. The summed E-state index contributed by atoms with van der Waals surface area (Å²) in [6, 6.07) is 8.93. The highest BCUT2D eigenvalue weighted by Crippen LogP contribution is 2.21. The van der Waals surface area contributed by atoms with Gasteiger partial charge in [0.05, 0.1) is 6.10 Å². The van der Waals surface area contributed by atoms with Crippen LogP contribution in [0.1, 0.15) is 5.56 Å². The zero-order chi connectivity index (χ0) is 11.3. The lowest BCUT2D eigenvalue weighted by Gasteiger charge is -2.16. The van der Waals surface area contributed by atoms with Crippen molar-refractivity contribution in [3.63, 3.8) is 0 Å². The van der Waals surface area contributed by atoms with Gasteiger partial charge in [-0.05, 0) is 12.0 Å². The highest BCUT2D eigenvalue weighted by Gasteiger charge is 2.33. The molecule has 84 valence electrons. The molecule has 0 saturated heterocycles. The van der Waals surface area contributed by atoms with E-state index >= 15 is 0 Å². The van der Waals surface area contributed by atoms with Gasteiger partial charge in [0, 0.05) is 5.33 Å². The van der Waals surface area contributed by atoms with Crippen molar-refractivity contribution in [3.8, 4) is 0 Å². The first-order chi connectivity index (χ1) is 7.01. The fraction of sp³-hybridized carbons (Fsp3) is 0.400. The average molecular weight is 283 g/mol. The van der Waals surface area contributed by atoms with Crippen LogP contribution in [0.2, 0.25) is 0 Å². The molecule has 1 rings (SSSR count). The first-order valence-corrected chi connectivity index (χ1v) is 5.48. The van der Waals surface area contributed by atoms with E-state index in [0.29, 0.717) is 0 Å². The minimum atomic E-state index is -4.58. The Labute approximate surface area is 94.4 Å². The lowest BCUT2D eigenvalue weighted by atomic mass is 10.1. The minimum absolute atomic E-state index is 0.154. The normalized spacial score (nSPS) is 13.9. The van der Waals surface area contributed by atoms with Crippen molar-refractivity contribution in [2.45, 2.75) is 18.9 Å². The van der Waals surface area contributed by atoms with Gasteiger partial charge in [-0.3, -0.25) is 4.74 Å². The molecule has 0 aliphatic heterocycles. The Morgan fingerprint density at radius 3 is 2.27 bits per heavy atom. The molecular formula is C10H10BrF3O. The second-order valence-corrected chi connectivity index (χ2v) is 3.68. The van der Waals surface area contributed by atoms with E-state index in [0.717, 1.165) is 5.56 Å². The van der Waals surface area contributed by atoms with E-state index in [1.165, 1.54) is 0 Å². The summed E-state index contributed by atoms with van der Waals surface area (Å²) in [6.07, 6.45) is -5.22. The number of ether oxygens (including phenoxy) is 1. The van der Waals surface area contributed by atoms with E-state index in [2.05, 4.69) is 20.7 Å². The van der Waals surface area contributed by atoms with Crippen LogP contribution in [-0.4, -0.2) is 17.8 Å². The maximum atomic E-state index is 12.0. The van der Waals surface area contributed by atoms with Crippen LogP contribution in [0.3, 0.4) is 0 Å². The number of hydrogen-bond donors (Lipinski definition) is 0. The van der Waals surface area contributed by atoms with Gasteiger partial charge in [0.2, 0.25) is 0 Å². The van der Waals surface area contributed by atoms with Crippen molar-refractivity contribution in [3.05, 3.63) is 35.9 Å². The van der Waals surface area contributed by atoms with Crippen molar-refractivity contribution < 1.29 is 17.9 Å². The van der Waals surface area contributed by atoms with E-state index < -0.39 is 12.5 Å². The van der Waals surface area contributed by atoms with Crippen LogP contribution in [0.5, 0.6) is 0 Å². The fourth-order valence-electron chi connectivity index (χ4n) is 1.19. The summed E-state index contributed by atoms with van der Waals surface area (Å²) >= 11 is 3.00. The largest absolute Gasteiger partial charge is 0.522 e. The summed E-state index contributed by atoms with van der Waals surface area (Å²) in [5, 5.41) is 0.154. The van der Waals surface area contributed by atoms with Crippen molar-refractivity contribution in [1.29, 1.82) is 0 Å². The maximum absolute atomic E-state index is 12.0. The van der Waals surface area contributed by atoms with Gasteiger partial charge in [0.25, 0.3) is 0 Å². The molecule has 0 amide bonds. The first-order valence-electron chi connectivity index (χ1n) is 4.35. The molecule has 0 heterocycles. The van der Waals surface area contributed by atoms with Gasteiger partial charge in [0.15, 0.2) is 0 Å². The maximum Gasteiger partial charge on any atom is 0.522 e. The van der Waals surface area contributed by atoms with Crippen molar-refractivity contribution in [2.75, 3.05) is 5.33 Å². The monoisotopic (exact) mass is 282 g/mol. The van der Waals surface area contributed by atoms with Crippen LogP contribution < -0.4 is 0 Å². The summed E-state index contributed by atoms with van der Waals surface area (Å²) in [7, 11) is 0. The van der Waals surface area contributed by atoms with Crippen molar-refractivity contribution in [1.82, 2.24) is 0 Å². The van der Waals surface area contributed by atoms with Crippen molar-refractivity contribution in [2.24, 2.45) is 0 Å². The zero-order valence-corrected chi connectivity index (χ0v) is 9.38. The second-order valence-electron chi connectivity index (χ2n) is 3.03. The van der Waals surface area contributed by atoms with Crippen LogP contribution >= 0.6 is 15.9 Å². The number of rotatable bonds is 4. The molecule has 0 aliphatic carbocycles. The molecular weight excluding hydrogens is 273 g/mol.